The smallest absolute Gasteiger partial charge is 0.472 e. The van der Waals surface area contributed by atoms with Crippen LogP contribution >= 0.6 is 7.82 Å². The van der Waals surface area contributed by atoms with Crippen molar-refractivity contribution in [3.05, 3.63) is 60.8 Å². The van der Waals surface area contributed by atoms with Crippen molar-refractivity contribution in [1.82, 2.24) is 0 Å². The van der Waals surface area contributed by atoms with E-state index in [1.165, 1.54) is 19.3 Å². The second-order valence-electron chi connectivity index (χ2n) is 12.3. The molecule has 0 spiro atoms. The lowest BCUT2D eigenvalue weighted by atomic mass is 10.1. The van der Waals surface area contributed by atoms with Crippen LogP contribution in [-0.4, -0.2) is 59.9 Å². The van der Waals surface area contributed by atoms with Crippen LogP contribution in [-0.2, 0) is 37.5 Å². The lowest BCUT2D eigenvalue weighted by Gasteiger charge is -2.20. The molecule has 0 aliphatic carbocycles. The molecule has 0 aromatic heterocycles. The summed E-state index contributed by atoms with van der Waals surface area (Å²) < 4.78 is 32.5. The highest BCUT2D eigenvalue weighted by atomic mass is 31.2. The summed E-state index contributed by atoms with van der Waals surface area (Å²) in [6.45, 7) is 2.57. The lowest BCUT2D eigenvalue weighted by molar-refractivity contribution is -0.161. The molecule has 3 atom stereocenters. The third-order valence-corrected chi connectivity index (χ3v) is 8.45. The first-order chi connectivity index (χ1) is 24.6. The number of allylic oxidation sites excluding steroid dienone is 10. The number of phosphoric acid groups is 1. The Morgan fingerprint density at radius 3 is 1.71 bits per heavy atom. The largest absolute Gasteiger partial charge is 0.480 e. The summed E-state index contributed by atoms with van der Waals surface area (Å²) in [5.41, 5.74) is 5.31. The zero-order chi connectivity index (χ0) is 37.8. The Morgan fingerprint density at radius 2 is 1.10 bits per heavy atom. The van der Waals surface area contributed by atoms with Crippen LogP contribution in [0.3, 0.4) is 0 Å². The average molecular weight is 740 g/mol. The van der Waals surface area contributed by atoms with Gasteiger partial charge in [-0.1, -0.05) is 107 Å². The molecule has 0 radical (unpaired) electrons. The minimum atomic E-state index is -4.72. The Labute approximate surface area is 307 Å². The molecule has 0 rings (SSSR count). The first kappa shape index (κ1) is 48.2. The number of aliphatic carboxylic acids is 1. The van der Waals surface area contributed by atoms with E-state index in [1.54, 1.807) is 0 Å². The van der Waals surface area contributed by atoms with Crippen LogP contribution in [0, 0.1) is 0 Å². The molecule has 0 aliphatic heterocycles. The average Bonchev–Trinajstić information content (AvgIpc) is 3.10. The summed E-state index contributed by atoms with van der Waals surface area (Å²) in [5, 5.41) is 8.85. The quantitative estimate of drug-likeness (QED) is 0.0249. The van der Waals surface area contributed by atoms with Crippen LogP contribution < -0.4 is 5.73 Å². The van der Waals surface area contributed by atoms with E-state index in [4.69, 9.17) is 24.8 Å². The van der Waals surface area contributed by atoms with E-state index in [2.05, 4.69) is 79.1 Å². The highest BCUT2D eigenvalue weighted by Gasteiger charge is 2.28. The molecule has 0 saturated heterocycles. The molecule has 0 saturated carbocycles. The number of carboxylic acid groups (broad SMARTS) is 1. The molecule has 0 aromatic rings. The predicted molar refractivity (Wildman–Crippen MR) is 203 cm³/mol. The van der Waals surface area contributed by atoms with Crippen LogP contribution in [0.5, 0.6) is 0 Å². The minimum absolute atomic E-state index is 0.105. The molecule has 0 bridgehead atoms. The zero-order valence-corrected chi connectivity index (χ0v) is 32.1. The van der Waals surface area contributed by atoms with Gasteiger partial charge in [-0.2, -0.15) is 0 Å². The number of nitrogens with two attached hydrogens (primary N) is 1. The monoisotopic (exact) mass is 739 g/mol. The Bertz CT molecular complexity index is 1100. The van der Waals surface area contributed by atoms with Gasteiger partial charge in [0.15, 0.2) is 6.10 Å². The highest BCUT2D eigenvalue weighted by Crippen LogP contribution is 2.43. The van der Waals surface area contributed by atoms with E-state index in [-0.39, 0.29) is 19.4 Å². The Balaban J connectivity index is 4.56. The molecule has 11 nitrogen and oxygen atoms in total. The minimum Gasteiger partial charge on any atom is -0.480 e. The molecular formula is C39H66NO10P. The summed E-state index contributed by atoms with van der Waals surface area (Å²) >= 11 is 0. The molecule has 0 fully saturated rings. The maximum atomic E-state index is 12.5. The normalized spacial score (nSPS) is 14.6. The molecule has 3 unspecified atom stereocenters. The van der Waals surface area contributed by atoms with Crippen LogP contribution in [0.25, 0.3) is 0 Å². The molecule has 0 heterocycles. The summed E-state index contributed by atoms with van der Waals surface area (Å²) in [5.74, 6) is -2.46. The van der Waals surface area contributed by atoms with Gasteiger partial charge in [0.2, 0.25) is 0 Å². The third-order valence-electron chi connectivity index (χ3n) is 7.50. The summed E-state index contributed by atoms with van der Waals surface area (Å²) in [6, 6.07) is -1.53. The van der Waals surface area contributed by atoms with Gasteiger partial charge in [-0.15, -0.1) is 0 Å². The number of rotatable bonds is 34. The van der Waals surface area contributed by atoms with Crippen molar-refractivity contribution in [1.29, 1.82) is 0 Å². The molecule has 0 amide bonds. The van der Waals surface area contributed by atoms with Gasteiger partial charge in [0.1, 0.15) is 12.6 Å². The van der Waals surface area contributed by atoms with Gasteiger partial charge >= 0.3 is 25.7 Å². The summed E-state index contributed by atoms with van der Waals surface area (Å²) in [7, 11) is -4.72. The topological polar surface area (TPSA) is 172 Å². The number of ether oxygens (including phenoxy) is 2. The van der Waals surface area contributed by atoms with E-state index in [0.29, 0.717) is 12.8 Å². The van der Waals surface area contributed by atoms with Crippen molar-refractivity contribution in [3.63, 3.8) is 0 Å². The van der Waals surface area contributed by atoms with Crippen LogP contribution in [0.1, 0.15) is 136 Å². The molecule has 51 heavy (non-hydrogen) atoms. The third kappa shape index (κ3) is 34.1. The first-order valence-corrected chi connectivity index (χ1v) is 20.3. The Kier molecular flexibility index (Phi) is 32.4. The van der Waals surface area contributed by atoms with Crippen molar-refractivity contribution in [2.75, 3.05) is 19.8 Å². The summed E-state index contributed by atoms with van der Waals surface area (Å²) in [6.07, 6.45) is 37.3. The van der Waals surface area contributed by atoms with Gasteiger partial charge < -0.3 is 25.2 Å². The lowest BCUT2D eigenvalue weighted by Crippen LogP contribution is -2.34. The van der Waals surface area contributed by atoms with Crippen molar-refractivity contribution >= 4 is 25.7 Å². The van der Waals surface area contributed by atoms with Crippen molar-refractivity contribution in [2.24, 2.45) is 5.73 Å². The van der Waals surface area contributed by atoms with E-state index in [0.717, 1.165) is 77.0 Å². The standard InChI is InChI=1S/C39H66NO10P/c1-3-5-7-9-11-13-15-17-18-19-21-23-25-27-29-31-38(42)50-35(33-48-51(45,46)49-34-36(40)39(43)44)32-47-37(41)30-28-26-24-22-20-16-14-12-10-8-6-4-2/h5,7,11-14,17-18,21,23,35-36H,3-4,6,8-10,15-16,19-20,22,24-34,40H2,1-2H3,(H,43,44)(H,45,46)/b7-5-,13-11-,14-12-,18-17-,23-21-. The SMILES string of the molecule is CC/C=C\C/C=C\C/C=C\C/C=C\CCCCC(=O)OC(COC(=O)CCCCCCC/C=C\CCCCC)COP(=O)(O)OCC(N)C(=O)O. The first-order valence-electron chi connectivity index (χ1n) is 18.8. The molecule has 0 aromatic carbocycles. The number of phosphoric ester groups is 1. The number of unbranched alkanes of at least 4 members (excludes halogenated alkanes) is 10. The van der Waals surface area contributed by atoms with Gasteiger partial charge in [0.05, 0.1) is 13.2 Å². The van der Waals surface area contributed by atoms with Crippen molar-refractivity contribution < 1.29 is 47.5 Å². The fourth-order valence-electron chi connectivity index (χ4n) is 4.52. The van der Waals surface area contributed by atoms with Gasteiger partial charge in [0, 0.05) is 12.8 Å². The maximum Gasteiger partial charge on any atom is 0.472 e. The zero-order valence-electron chi connectivity index (χ0n) is 31.2. The second kappa shape index (κ2) is 34.3. The van der Waals surface area contributed by atoms with E-state index in [9.17, 15) is 23.8 Å². The molecule has 4 N–H and O–H groups in total. The number of carbonyl (C=O) groups is 3. The van der Waals surface area contributed by atoms with E-state index < -0.39 is 51.1 Å². The van der Waals surface area contributed by atoms with Crippen molar-refractivity contribution in [3.8, 4) is 0 Å². The Hall–Kier alpha value is -2.82. The van der Waals surface area contributed by atoms with Gasteiger partial charge in [-0.3, -0.25) is 23.4 Å². The Morgan fingerprint density at radius 1 is 0.627 bits per heavy atom. The molecule has 0 aliphatic rings. The molecular weight excluding hydrogens is 673 g/mol. The molecule has 292 valence electrons. The van der Waals surface area contributed by atoms with E-state index in [1.807, 2.05) is 0 Å². The second-order valence-corrected chi connectivity index (χ2v) is 13.8. The van der Waals surface area contributed by atoms with Gasteiger partial charge in [-0.25, -0.2) is 4.57 Å². The number of carboxylic acids is 1. The van der Waals surface area contributed by atoms with Crippen molar-refractivity contribution in [2.45, 2.75) is 148 Å². The van der Waals surface area contributed by atoms with Crippen LogP contribution in [0.4, 0.5) is 0 Å². The van der Waals surface area contributed by atoms with E-state index >= 15 is 0 Å². The fraction of sp³-hybridized carbons (Fsp3) is 0.667. The summed E-state index contributed by atoms with van der Waals surface area (Å²) in [4.78, 5) is 45.7. The predicted octanol–water partition coefficient (Wildman–Crippen LogP) is 9.22. The maximum absolute atomic E-state index is 12.5. The highest BCUT2D eigenvalue weighted by molar-refractivity contribution is 7.47. The van der Waals surface area contributed by atoms with Gasteiger partial charge in [-0.05, 0) is 77.0 Å². The number of hydrogen-bond donors (Lipinski definition) is 3. The number of esters is 2. The van der Waals surface area contributed by atoms with Gasteiger partial charge in [0.25, 0.3) is 0 Å². The number of hydrogen-bond acceptors (Lipinski definition) is 9. The van der Waals surface area contributed by atoms with Crippen LogP contribution in [0.2, 0.25) is 0 Å². The molecule has 12 heteroatoms. The fourth-order valence-corrected chi connectivity index (χ4v) is 5.30. The van der Waals surface area contributed by atoms with Crippen LogP contribution in [0.15, 0.2) is 60.8 Å². The number of carbonyl (C=O) groups excluding carboxylic acids is 2.